The molecule has 0 spiro atoms. The van der Waals surface area contributed by atoms with Crippen molar-refractivity contribution in [2.75, 3.05) is 13.1 Å². The van der Waals surface area contributed by atoms with Gasteiger partial charge in [0.25, 0.3) is 0 Å². The van der Waals surface area contributed by atoms with Gasteiger partial charge in [-0.1, -0.05) is 33.6 Å². The Kier molecular flexibility index (Phi) is 5.94. The van der Waals surface area contributed by atoms with E-state index >= 15 is 0 Å². The van der Waals surface area contributed by atoms with Crippen LogP contribution in [0, 0.1) is 5.92 Å². The molecule has 0 aromatic carbocycles. The molecule has 0 aromatic rings. The quantitative estimate of drug-likeness (QED) is 0.746. The van der Waals surface area contributed by atoms with Crippen molar-refractivity contribution in [2.45, 2.75) is 77.8 Å². The van der Waals surface area contributed by atoms with E-state index in [1.165, 1.54) is 38.5 Å². The van der Waals surface area contributed by atoms with E-state index in [4.69, 9.17) is 5.73 Å². The summed E-state index contributed by atoms with van der Waals surface area (Å²) in [6.45, 7) is 11.3. The average Bonchev–Trinajstić information content (AvgIpc) is 2.53. The molecule has 0 aliphatic heterocycles. The molecule has 1 fully saturated rings. The van der Waals surface area contributed by atoms with Gasteiger partial charge in [0.15, 0.2) is 0 Å². The molecule has 0 heterocycles. The zero-order valence-corrected chi connectivity index (χ0v) is 12.3. The van der Waals surface area contributed by atoms with Crippen LogP contribution in [0.2, 0.25) is 0 Å². The van der Waals surface area contributed by atoms with Crippen molar-refractivity contribution < 1.29 is 0 Å². The molecular weight excluding hydrogens is 208 g/mol. The van der Waals surface area contributed by atoms with Gasteiger partial charge in [-0.15, -0.1) is 0 Å². The predicted octanol–water partition coefficient (Wildman–Crippen LogP) is 3.40. The molecule has 0 aromatic heterocycles. The normalized spacial score (nSPS) is 32.5. The lowest BCUT2D eigenvalue weighted by atomic mass is 9.86. The first-order valence-corrected chi connectivity index (χ1v) is 7.56. The zero-order valence-electron chi connectivity index (χ0n) is 12.3. The standard InChI is InChI=1S/C15H32N2/c1-5-14(4)17(6-2)15(12-16)10-7-8-13(3)9-11-15/h13-14H,5-12,16H2,1-4H3. The number of nitrogens with two attached hydrogens (primary N) is 1. The Hall–Kier alpha value is -0.0800. The number of hydrogen-bond acceptors (Lipinski definition) is 2. The van der Waals surface area contributed by atoms with Gasteiger partial charge in [-0.05, 0) is 45.1 Å². The van der Waals surface area contributed by atoms with Crippen molar-refractivity contribution in [3.8, 4) is 0 Å². The first kappa shape index (κ1) is 15.0. The summed E-state index contributed by atoms with van der Waals surface area (Å²) < 4.78 is 0. The van der Waals surface area contributed by atoms with Crippen molar-refractivity contribution in [3.63, 3.8) is 0 Å². The molecule has 1 rings (SSSR count). The summed E-state index contributed by atoms with van der Waals surface area (Å²) >= 11 is 0. The second-order valence-corrected chi connectivity index (χ2v) is 6.01. The average molecular weight is 240 g/mol. The Balaban J connectivity index is 2.83. The Morgan fingerprint density at radius 2 is 2.00 bits per heavy atom. The smallest absolute Gasteiger partial charge is 0.0334 e. The predicted molar refractivity (Wildman–Crippen MR) is 76.2 cm³/mol. The maximum absolute atomic E-state index is 6.18. The largest absolute Gasteiger partial charge is 0.329 e. The number of rotatable bonds is 5. The van der Waals surface area contributed by atoms with Crippen LogP contribution in [0.1, 0.15) is 66.2 Å². The molecule has 0 bridgehead atoms. The van der Waals surface area contributed by atoms with E-state index in [0.717, 1.165) is 19.0 Å². The van der Waals surface area contributed by atoms with Gasteiger partial charge in [-0.3, -0.25) is 4.90 Å². The highest BCUT2D eigenvalue weighted by Crippen LogP contribution is 2.35. The Morgan fingerprint density at radius 1 is 1.29 bits per heavy atom. The van der Waals surface area contributed by atoms with E-state index in [9.17, 15) is 0 Å². The number of nitrogens with zero attached hydrogens (tertiary/aromatic N) is 1. The topological polar surface area (TPSA) is 29.3 Å². The van der Waals surface area contributed by atoms with Crippen LogP contribution < -0.4 is 5.73 Å². The minimum absolute atomic E-state index is 0.287. The maximum atomic E-state index is 6.18. The fourth-order valence-electron chi connectivity index (χ4n) is 3.51. The molecule has 17 heavy (non-hydrogen) atoms. The Bertz CT molecular complexity index is 217. The van der Waals surface area contributed by atoms with E-state index in [1.54, 1.807) is 0 Å². The van der Waals surface area contributed by atoms with Gasteiger partial charge in [0.2, 0.25) is 0 Å². The maximum Gasteiger partial charge on any atom is 0.0334 e. The molecule has 2 nitrogen and oxygen atoms in total. The summed E-state index contributed by atoms with van der Waals surface area (Å²) in [6.07, 6.45) is 7.91. The third-order valence-electron chi connectivity index (χ3n) is 4.89. The van der Waals surface area contributed by atoms with Gasteiger partial charge in [-0.25, -0.2) is 0 Å². The lowest BCUT2D eigenvalue weighted by molar-refractivity contribution is 0.0442. The Morgan fingerprint density at radius 3 is 2.53 bits per heavy atom. The highest BCUT2D eigenvalue weighted by Gasteiger charge is 2.37. The van der Waals surface area contributed by atoms with Gasteiger partial charge in [0.05, 0.1) is 0 Å². The summed E-state index contributed by atoms with van der Waals surface area (Å²) in [7, 11) is 0. The van der Waals surface area contributed by atoms with E-state index in [1.807, 2.05) is 0 Å². The molecule has 3 atom stereocenters. The van der Waals surface area contributed by atoms with Gasteiger partial charge >= 0.3 is 0 Å². The number of likely N-dealkylation sites (N-methyl/N-ethyl adjacent to an activating group) is 1. The summed E-state index contributed by atoms with van der Waals surface area (Å²) in [4.78, 5) is 2.69. The molecular formula is C15H32N2. The summed E-state index contributed by atoms with van der Waals surface area (Å²) in [5, 5.41) is 0. The van der Waals surface area contributed by atoms with Crippen molar-refractivity contribution in [1.82, 2.24) is 4.90 Å². The van der Waals surface area contributed by atoms with E-state index < -0.39 is 0 Å². The van der Waals surface area contributed by atoms with Gasteiger partial charge in [0.1, 0.15) is 0 Å². The minimum Gasteiger partial charge on any atom is -0.329 e. The summed E-state index contributed by atoms with van der Waals surface area (Å²) in [5.41, 5.74) is 6.47. The third-order valence-corrected chi connectivity index (χ3v) is 4.89. The molecule has 102 valence electrons. The summed E-state index contributed by atoms with van der Waals surface area (Å²) in [6, 6.07) is 0.664. The molecule has 1 saturated carbocycles. The first-order valence-electron chi connectivity index (χ1n) is 7.56. The molecule has 0 saturated heterocycles. The highest BCUT2D eigenvalue weighted by atomic mass is 15.2. The lowest BCUT2D eigenvalue weighted by Gasteiger charge is -2.46. The van der Waals surface area contributed by atoms with Crippen molar-refractivity contribution in [3.05, 3.63) is 0 Å². The van der Waals surface area contributed by atoms with E-state index in [0.29, 0.717) is 6.04 Å². The molecule has 0 radical (unpaired) electrons. The van der Waals surface area contributed by atoms with Crippen molar-refractivity contribution >= 4 is 0 Å². The monoisotopic (exact) mass is 240 g/mol. The lowest BCUT2D eigenvalue weighted by Crippen LogP contribution is -2.56. The summed E-state index contributed by atoms with van der Waals surface area (Å²) in [5.74, 6) is 0.888. The van der Waals surface area contributed by atoms with Crippen LogP contribution in [0.25, 0.3) is 0 Å². The second kappa shape index (κ2) is 6.75. The molecule has 2 heteroatoms. The van der Waals surface area contributed by atoms with Gasteiger partial charge in [0, 0.05) is 18.1 Å². The fraction of sp³-hybridized carbons (Fsp3) is 1.00. The van der Waals surface area contributed by atoms with Crippen LogP contribution in [0.3, 0.4) is 0 Å². The van der Waals surface area contributed by atoms with Gasteiger partial charge < -0.3 is 5.73 Å². The van der Waals surface area contributed by atoms with Crippen LogP contribution in [0.15, 0.2) is 0 Å². The fourth-order valence-corrected chi connectivity index (χ4v) is 3.51. The highest BCUT2D eigenvalue weighted by molar-refractivity contribution is 4.95. The van der Waals surface area contributed by atoms with Gasteiger partial charge in [-0.2, -0.15) is 0 Å². The van der Waals surface area contributed by atoms with Crippen LogP contribution in [0.4, 0.5) is 0 Å². The third kappa shape index (κ3) is 3.45. The molecule has 2 N–H and O–H groups in total. The van der Waals surface area contributed by atoms with Crippen LogP contribution in [-0.4, -0.2) is 29.6 Å². The molecule has 1 aliphatic rings. The van der Waals surface area contributed by atoms with Crippen LogP contribution in [0.5, 0.6) is 0 Å². The molecule has 3 unspecified atom stereocenters. The minimum atomic E-state index is 0.287. The Labute approximate surface area is 108 Å². The van der Waals surface area contributed by atoms with Crippen molar-refractivity contribution in [1.29, 1.82) is 0 Å². The molecule has 1 aliphatic carbocycles. The SMILES string of the molecule is CCC(C)N(CC)C1(CN)CCCC(C)CC1. The van der Waals surface area contributed by atoms with E-state index in [-0.39, 0.29) is 5.54 Å². The first-order chi connectivity index (χ1) is 8.09. The van der Waals surface area contributed by atoms with E-state index in [2.05, 4.69) is 32.6 Å². The van der Waals surface area contributed by atoms with Crippen LogP contribution in [-0.2, 0) is 0 Å². The van der Waals surface area contributed by atoms with Crippen molar-refractivity contribution in [2.24, 2.45) is 11.7 Å². The second-order valence-electron chi connectivity index (χ2n) is 6.01. The molecule has 0 amide bonds. The number of hydrogen-bond donors (Lipinski definition) is 1. The van der Waals surface area contributed by atoms with Crippen LogP contribution >= 0.6 is 0 Å². The zero-order chi connectivity index (χ0) is 12.9.